The molecule has 2 heterocycles. The summed E-state index contributed by atoms with van der Waals surface area (Å²) in [6.45, 7) is 3.87. The first-order valence-electron chi connectivity index (χ1n) is 11.4. The Morgan fingerprint density at radius 2 is 1.82 bits per heavy atom. The molecule has 2 aliphatic carbocycles. The quantitative estimate of drug-likeness (QED) is 0.621. The van der Waals surface area contributed by atoms with Crippen LogP contribution in [0.5, 0.6) is 0 Å². The van der Waals surface area contributed by atoms with E-state index in [9.17, 15) is 9.59 Å². The predicted molar refractivity (Wildman–Crippen MR) is 107 cm³/mol. The second-order valence-electron chi connectivity index (χ2n) is 9.42. The number of hydrogen-bond donors (Lipinski definition) is 0. The molecule has 0 aromatic carbocycles. The van der Waals surface area contributed by atoms with E-state index in [0.29, 0.717) is 41.7 Å². The van der Waals surface area contributed by atoms with Gasteiger partial charge in [-0.2, -0.15) is 0 Å². The van der Waals surface area contributed by atoms with Crippen molar-refractivity contribution in [2.45, 2.75) is 83.5 Å². The molecule has 1 atom stereocenters. The highest BCUT2D eigenvalue weighted by Gasteiger charge is 2.31. The topological polar surface area (TPSA) is 63.4 Å². The monoisotopic (exact) mass is 386 g/mol. The molecule has 5 nitrogen and oxygen atoms in total. The number of Topliss-reactive ketones (excluding diaryl/α,β-unsaturated/α-hetero) is 1. The molecular weight excluding hydrogens is 352 g/mol. The van der Waals surface area contributed by atoms with Crippen LogP contribution in [0.15, 0.2) is 10.6 Å². The van der Waals surface area contributed by atoms with Crippen LogP contribution in [0.1, 0.15) is 99.7 Å². The van der Waals surface area contributed by atoms with Gasteiger partial charge in [0.05, 0.1) is 0 Å². The summed E-state index contributed by atoms with van der Waals surface area (Å²) in [6, 6.07) is 1.85. The van der Waals surface area contributed by atoms with E-state index in [2.05, 4.69) is 17.0 Å². The zero-order valence-corrected chi connectivity index (χ0v) is 17.2. The Morgan fingerprint density at radius 3 is 2.50 bits per heavy atom. The van der Waals surface area contributed by atoms with Crippen molar-refractivity contribution in [1.29, 1.82) is 0 Å². The first-order chi connectivity index (χ1) is 13.6. The van der Waals surface area contributed by atoms with E-state index in [1.807, 2.05) is 6.07 Å². The minimum atomic E-state index is 0.0963. The number of likely N-dealkylation sites (tertiary alicyclic amines) is 1. The minimum Gasteiger partial charge on any atom is -0.360 e. The molecule has 3 fully saturated rings. The number of nitrogens with zero attached hydrogens (tertiary/aromatic N) is 2. The van der Waals surface area contributed by atoms with E-state index >= 15 is 0 Å². The van der Waals surface area contributed by atoms with E-state index in [1.54, 1.807) is 0 Å². The number of ketones is 1. The van der Waals surface area contributed by atoms with Crippen LogP contribution in [0.3, 0.4) is 0 Å². The van der Waals surface area contributed by atoms with Gasteiger partial charge >= 0.3 is 0 Å². The third kappa shape index (κ3) is 4.84. The third-order valence-electron chi connectivity index (χ3n) is 7.19. The molecule has 28 heavy (non-hydrogen) atoms. The first kappa shape index (κ1) is 19.7. The highest BCUT2D eigenvalue weighted by atomic mass is 16.5. The Morgan fingerprint density at radius 1 is 1.11 bits per heavy atom. The van der Waals surface area contributed by atoms with Crippen LogP contribution in [0.2, 0.25) is 0 Å². The summed E-state index contributed by atoms with van der Waals surface area (Å²) in [7, 11) is 0. The van der Waals surface area contributed by atoms with Crippen LogP contribution in [0, 0.1) is 17.8 Å². The molecule has 4 rings (SSSR count). The van der Waals surface area contributed by atoms with Gasteiger partial charge in [-0.15, -0.1) is 0 Å². The first-order valence-corrected chi connectivity index (χ1v) is 11.4. The van der Waals surface area contributed by atoms with Gasteiger partial charge in [-0.25, -0.2) is 0 Å². The van der Waals surface area contributed by atoms with Crippen molar-refractivity contribution in [2.24, 2.45) is 17.8 Å². The average Bonchev–Trinajstić information content (AvgIpc) is 3.45. The molecular formula is C23H34N2O3. The van der Waals surface area contributed by atoms with Crippen molar-refractivity contribution in [1.82, 2.24) is 10.1 Å². The van der Waals surface area contributed by atoms with Gasteiger partial charge in [0, 0.05) is 37.9 Å². The zero-order chi connectivity index (χ0) is 19.5. The maximum absolute atomic E-state index is 12.6. The summed E-state index contributed by atoms with van der Waals surface area (Å²) in [4.78, 5) is 27.3. The smallest absolute Gasteiger partial charge is 0.222 e. The summed E-state index contributed by atoms with van der Waals surface area (Å²) in [6.07, 6.45) is 12.0. The second-order valence-corrected chi connectivity index (χ2v) is 9.42. The van der Waals surface area contributed by atoms with Crippen molar-refractivity contribution in [3.63, 3.8) is 0 Å². The lowest BCUT2D eigenvalue weighted by Crippen LogP contribution is -2.40. The number of piperidine rings is 1. The molecule has 1 aromatic heterocycles. The predicted octanol–water partition coefficient (Wildman–Crippen LogP) is 4.97. The SMILES string of the molecule is C[C@@H](CC(=O)c1cc(C2CC2)on1)C1CCN(C(=O)CC2CCCCC2)CC1. The molecule has 1 amide bonds. The summed E-state index contributed by atoms with van der Waals surface area (Å²) >= 11 is 0. The average molecular weight is 387 g/mol. The van der Waals surface area contributed by atoms with Gasteiger partial charge < -0.3 is 9.42 Å². The number of rotatable bonds is 7. The van der Waals surface area contributed by atoms with Gasteiger partial charge in [0.25, 0.3) is 0 Å². The van der Waals surface area contributed by atoms with Gasteiger partial charge in [-0.3, -0.25) is 9.59 Å². The molecule has 0 spiro atoms. The van der Waals surface area contributed by atoms with Crippen molar-refractivity contribution >= 4 is 11.7 Å². The maximum Gasteiger partial charge on any atom is 0.222 e. The second kappa shape index (κ2) is 8.79. The van der Waals surface area contributed by atoms with Crippen molar-refractivity contribution in [3.05, 3.63) is 17.5 Å². The van der Waals surface area contributed by atoms with Gasteiger partial charge in [0.1, 0.15) is 11.5 Å². The number of amides is 1. The number of aromatic nitrogens is 1. The van der Waals surface area contributed by atoms with Crippen LogP contribution in [-0.4, -0.2) is 34.8 Å². The summed E-state index contributed by atoms with van der Waals surface area (Å²) in [5.74, 6) is 3.26. The van der Waals surface area contributed by atoms with Crippen LogP contribution in [0.25, 0.3) is 0 Å². The fourth-order valence-electron chi connectivity index (χ4n) is 5.03. The number of hydrogen-bond acceptors (Lipinski definition) is 4. The van der Waals surface area contributed by atoms with Crippen LogP contribution in [0.4, 0.5) is 0 Å². The Balaban J connectivity index is 1.21. The lowest BCUT2D eigenvalue weighted by molar-refractivity contribution is -0.134. The van der Waals surface area contributed by atoms with E-state index in [-0.39, 0.29) is 5.78 Å². The molecule has 1 aliphatic heterocycles. The largest absolute Gasteiger partial charge is 0.360 e. The molecule has 2 saturated carbocycles. The highest BCUT2D eigenvalue weighted by Crippen LogP contribution is 2.40. The Hall–Kier alpha value is -1.65. The lowest BCUT2D eigenvalue weighted by Gasteiger charge is -2.35. The normalized spacial score (nSPS) is 23.0. The van der Waals surface area contributed by atoms with Crippen molar-refractivity contribution in [3.8, 4) is 0 Å². The maximum atomic E-state index is 12.6. The molecule has 0 radical (unpaired) electrons. The van der Waals surface area contributed by atoms with Crippen molar-refractivity contribution < 1.29 is 14.1 Å². The zero-order valence-electron chi connectivity index (χ0n) is 17.2. The van der Waals surface area contributed by atoms with Gasteiger partial charge in [-0.05, 0) is 56.3 Å². The molecule has 0 unspecified atom stereocenters. The lowest BCUT2D eigenvalue weighted by atomic mass is 9.82. The standard InChI is InChI=1S/C23H34N2O3/c1-16(13-21(26)20-15-22(28-24-20)19-7-8-19)18-9-11-25(12-10-18)23(27)14-17-5-3-2-4-6-17/h15-19H,2-14H2,1H3/t16-/m0/s1. The Labute approximate surface area is 168 Å². The van der Waals surface area contributed by atoms with E-state index < -0.39 is 0 Å². The number of carbonyl (C=O) groups is 2. The Kier molecular flexibility index (Phi) is 6.17. The molecule has 0 bridgehead atoms. The molecule has 5 heteroatoms. The van der Waals surface area contributed by atoms with Crippen LogP contribution >= 0.6 is 0 Å². The molecule has 1 aromatic rings. The summed E-state index contributed by atoms with van der Waals surface area (Å²) < 4.78 is 5.32. The molecule has 1 saturated heterocycles. The van der Waals surface area contributed by atoms with Gasteiger partial charge in [0.2, 0.25) is 5.91 Å². The molecule has 3 aliphatic rings. The fourth-order valence-corrected chi connectivity index (χ4v) is 5.03. The van der Waals surface area contributed by atoms with Crippen LogP contribution in [-0.2, 0) is 4.79 Å². The fraction of sp³-hybridized carbons (Fsp3) is 0.783. The van der Waals surface area contributed by atoms with Crippen LogP contribution < -0.4 is 0 Å². The van der Waals surface area contributed by atoms with Gasteiger partial charge in [0.15, 0.2) is 5.78 Å². The summed E-state index contributed by atoms with van der Waals surface area (Å²) in [5, 5.41) is 3.99. The van der Waals surface area contributed by atoms with Gasteiger partial charge in [-0.1, -0.05) is 31.3 Å². The van der Waals surface area contributed by atoms with E-state index in [0.717, 1.165) is 51.0 Å². The number of carbonyl (C=O) groups excluding carboxylic acids is 2. The van der Waals surface area contributed by atoms with Crippen molar-refractivity contribution in [2.75, 3.05) is 13.1 Å². The van der Waals surface area contributed by atoms with E-state index in [1.165, 1.54) is 32.1 Å². The van der Waals surface area contributed by atoms with E-state index in [4.69, 9.17) is 4.52 Å². The molecule has 154 valence electrons. The third-order valence-corrected chi connectivity index (χ3v) is 7.19. The summed E-state index contributed by atoms with van der Waals surface area (Å²) in [5.41, 5.74) is 0.494. The molecule has 0 N–H and O–H groups in total. The Bertz CT molecular complexity index is 680. The minimum absolute atomic E-state index is 0.0963. The highest BCUT2D eigenvalue weighted by molar-refractivity contribution is 5.94.